The third-order valence-corrected chi connectivity index (χ3v) is 6.23. The smallest absolute Gasteiger partial charge is 0.118 e. The number of rotatable bonds is 3. The molecule has 0 N–H and O–H groups in total. The molecule has 1 aromatic heterocycles. The lowest BCUT2D eigenvalue weighted by Crippen LogP contribution is -2.25. The molecule has 2 bridgehead atoms. The highest BCUT2D eigenvalue weighted by atomic mass is 16.5. The van der Waals surface area contributed by atoms with Gasteiger partial charge >= 0.3 is 0 Å². The summed E-state index contributed by atoms with van der Waals surface area (Å²) >= 11 is 0. The normalized spacial score (nSPS) is 21.5. The number of hydrogen-bond acceptors (Lipinski definition) is 2. The minimum atomic E-state index is 0.689. The number of allylic oxidation sites excluding steroid dienone is 1. The molecule has 3 heteroatoms. The molecule has 2 unspecified atom stereocenters. The molecule has 0 amide bonds. The van der Waals surface area contributed by atoms with Crippen LogP contribution in [0.4, 0.5) is 0 Å². The highest BCUT2D eigenvalue weighted by molar-refractivity contribution is 5.91. The molecule has 138 valence electrons. The van der Waals surface area contributed by atoms with Crippen LogP contribution in [0.2, 0.25) is 0 Å². The van der Waals surface area contributed by atoms with Crippen molar-refractivity contribution >= 4 is 22.7 Å². The van der Waals surface area contributed by atoms with E-state index in [0.29, 0.717) is 5.92 Å². The summed E-state index contributed by atoms with van der Waals surface area (Å²) in [5.41, 5.74) is 8.27. The first-order valence-corrected chi connectivity index (χ1v) is 9.82. The molecule has 0 aliphatic carbocycles. The maximum absolute atomic E-state index is 5.30. The van der Waals surface area contributed by atoms with E-state index < -0.39 is 0 Å². The third kappa shape index (κ3) is 2.69. The van der Waals surface area contributed by atoms with Crippen LogP contribution < -0.4 is 4.74 Å². The Morgan fingerprint density at radius 3 is 2.74 bits per heavy atom. The van der Waals surface area contributed by atoms with Gasteiger partial charge in [-0.2, -0.15) is 0 Å². The van der Waals surface area contributed by atoms with Crippen LogP contribution >= 0.6 is 0 Å². The predicted molar refractivity (Wildman–Crippen MR) is 112 cm³/mol. The molecular formula is C24H26N2O. The molecule has 0 radical (unpaired) electrons. The molecule has 5 rings (SSSR count). The van der Waals surface area contributed by atoms with Gasteiger partial charge in [0.05, 0.1) is 12.6 Å². The highest BCUT2D eigenvalue weighted by Gasteiger charge is 2.35. The molecule has 2 aliphatic rings. The summed E-state index contributed by atoms with van der Waals surface area (Å²) in [5.74, 6) is 1.59. The monoisotopic (exact) mass is 358 g/mol. The van der Waals surface area contributed by atoms with E-state index in [0.717, 1.165) is 12.3 Å². The van der Waals surface area contributed by atoms with E-state index in [2.05, 4.69) is 59.8 Å². The second-order valence-electron chi connectivity index (χ2n) is 8.01. The van der Waals surface area contributed by atoms with Crippen LogP contribution in [0.15, 0.2) is 42.5 Å². The van der Waals surface area contributed by atoms with Crippen LogP contribution in [-0.4, -0.2) is 29.7 Å². The van der Waals surface area contributed by atoms with Gasteiger partial charge in [0, 0.05) is 36.3 Å². The average Bonchev–Trinajstić information content (AvgIpc) is 3.21. The van der Waals surface area contributed by atoms with Crippen molar-refractivity contribution in [2.75, 3.05) is 20.2 Å². The van der Waals surface area contributed by atoms with Crippen LogP contribution in [-0.2, 0) is 6.54 Å². The number of benzene rings is 2. The van der Waals surface area contributed by atoms with Gasteiger partial charge in [0.1, 0.15) is 5.75 Å². The highest BCUT2D eigenvalue weighted by Crippen LogP contribution is 2.42. The van der Waals surface area contributed by atoms with Crippen molar-refractivity contribution in [2.24, 2.45) is 0 Å². The summed E-state index contributed by atoms with van der Waals surface area (Å²) in [6.07, 6.45) is 3.62. The lowest BCUT2D eigenvalue weighted by Gasteiger charge is -2.24. The molecule has 0 saturated carbocycles. The van der Waals surface area contributed by atoms with Crippen molar-refractivity contribution in [1.82, 2.24) is 9.47 Å². The summed E-state index contributed by atoms with van der Waals surface area (Å²) in [4.78, 5) is 2.60. The molecule has 0 spiro atoms. The predicted octanol–water partition coefficient (Wildman–Crippen LogP) is 5.28. The van der Waals surface area contributed by atoms with Gasteiger partial charge < -0.3 is 9.30 Å². The minimum absolute atomic E-state index is 0.689. The van der Waals surface area contributed by atoms with E-state index in [4.69, 9.17) is 4.74 Å². The van der Waals surface area contributed by atoms with Crippen molar-refractivity contribution in [3.8, 4) is 5.75 Å². The van der Waals surface area contributed by atoms with Gasteiger partial charge in [-0.15, -0.1) is 0 Å². The van der Waals surface area contributed by atoms with Crippen LogP contribution in [0.25, 0.3) is 22.7 Å². The Kier molecular flexibility index (Phi) is 3.87. The second kappa shape index (κ2) is 6.28. The Morgan fingerprint density at radius 1 is 1.15 bits per heavy atom. The molecule has 1 saturated heterocycles. The summed E-state index contributed by atoms with van der Waals surface area (Å²) in [7, 11) is 1.71. The molecule has 1 fully saturated rings. The van der Waals surface area contributed by atoms with Crippen LogP contribution in [0, 0.1) is 6.92 Å². The minimum Gasteiger partial charge on any atom is -0.497 e. The van der Waals surface area contributed by atoms with Gasteiger partial charge in [-0.05, 0) is 67.8 Å². The fourth-order valence-electron chi connectivity index (χ4n) is 4.82. The van der Waals surface area contributed by atoms with E-state index in [1.54, 1.807) is 12.7 Å². The first kappa shape index (κ1) is 16.6. The van der Waals surface area contributed by atoms with Crippen molar-refractivity contribution in [3.05, 3.63) is 64.8 Å². The Balaban J connectivity index is 1.67. The first-order valence-electron chi connectivity index (χ1n) is 9.82. The van der Waals surface area contributed by atoms with E-state index in [9.17, 15) is 0 Å². The van der Waals surface area contributed by atoms with Crippen LogP contribution in [0.1, 0.15) is 41.6 Å². The van der Waals surface area contributed by atoms with Gasteiger partial charge in [0.25, 0.3) is 0 Å². The standard InChI is InChI=1S/C24H26N2O/c1-16-4-9-22-21(12-16)24-19-10-11-25(14-19)15-23(24)26(22)13-17(2)18-5-7-20(27-3)8-6-18/h4-9,12-13,19H,10-11,14-15H2,1-3H3/b17-13+. The third-order valence-electron chi connectivity index (χ3n) is 6.23. The topological polar surface area (TPSA) is 17.4 Å². The number of ether oxygens (including phenoxy) is 1. The van der Waals surface area contributed by atoms with E-state index in [-0.39, 0.29) is 0 Å². The number of methoxy groups -OCH3 is 1. The maximum atomic E-state index is 5.30. The Hall–Kier alpha value is -2.52. The van der Waals surface area contributed by atoms with E-state index >= 15 is 0 Å². The SMILES string of the molecule is COc1ccc(/C(C)=C/n2c3c(c4cc(C)ccc42)C2CCN(C3)C2)cc1. The van der Waals surface area contributed by atoms with Gasteiger partial charge in [-0.3, -0.25) is 4.90 Å². The average molecular weight is 358 g/mol. The quantitative estimate of drug-likeness (QED) is 0.634. The molecule has 3 heterocycles. The lowest BCUT2D eigenvalue weighted by molar-refractivity contribution is 0.308. The summed E-state index contributed by atoms with van der Waals surface area (Å²) < 4.78 is 7.75. The Labute approximate surface area is 160 Å². The summed E-state index contributed by atoms with van der Waals surface area (Å²) in [6, 6.07) is 15.3. The van der Waals surface area contributed by atoms with Crippen LogP contribution in [0.5, 0.6) is 5.75 Å². The zero-order chi connectivity index (χ0) is 18.5. The number of hydrogen-bond donors (Lipinski definition) is 0. The molecule has 27 heavy (non-hydrogen) atoms. The molecule has 2 atom stereocenters. The lowest BCUT2D eigenvalue weighted by atomic mass is 9.93. The summed E-state index contributed by atoms with van der Waals surface area (Å²) in [5, 5.41) is 1.45. The van der Waals surface area contributed by atoms with Crippen molar-refractivity contribution < 1.29 is 4.74 Å². The second-order valence-corrected chi connectivity index (χ2v) is 8.01. The van der Waals surface area contributed by atoms with Crippen molar-refractivity contribution in [1.29, 1.82) is 0 Å². The zero-order valence-corrected chi connectivity index (χ0v) is 16.3. The number of nitrogens with zero attached hydrogens (tertiary/aromatic N) is 2. The molecule has 2 aromatic carbocycles. The molecule has 3 aromatic rings. The van der Waals surface area contributed by atoms with Gasteiger partial charge in [-0.25, -0.2) is 0 Å². The van der Waals surface area contributed by atoms with Crippen molar-refractivity contribution in [3.63, 3.8) is 0 Å². The van der Waals surface area contributed by atoms with E-state index in [1.807, 2.05) is 12.1 Å². The number of aromatic nitrogens is 1. The molecule has 3 nitrogen and oxygen atoms in total. The fraction of sp³-hybridized carbons (Fsp3) is 0.333. The zero-order valence-electron chi connectivity index (χ0n) is 16.3. The van der Waals surface area contributed by atoms with Gasteiger partial charge in [-0.1, -0.05) is 23.8 Å². The Bertz CT molecular complexity index is 1040. The number of fused-ring (bicyclic) bond motifs is 6. The fourth-order valence-corrected chi connectivity index (χ4v) is 4.82. The van der Waals surface area contributed by atoms with Gasteiger partial charge in [0.2, 0.25) is 0 Å². The van der Waals surface area contributed by atoms with E-state index in [1.165, 1.54) is 52.8 Å². The molecular weight excluding hydrogens is 332 g/mol. The maximum Gasteiger partial charge on any atom is 0.118 e. The van der Waals surface area contributed by atoms with Crippen molar-refractivity contribution in [2.45, 2.75) is 32.7 Å². The first-order chi connectivity index (χ1) is 13.1. The number of aryl methyl sites for hydroxylation is 1. The van der Waals surface area contributed by atoms with Crippen LogP contribution in [0.3, 0.4) is 0 Å². The largest absolute Gasteiger partial charge is 0.497 e. The van der Waals surface area contributed by atoms with Gasteiger partial charge in [0.15, 0.2) is 0 Å². The Morgan fingerprint density at radius 2 is 1.96 bits per heavy atom. The molecule has 2 aliphatic heterocycles. The summed E-state index contributed by atoms with van der Waals surface area (Å²) in [6.45, 7) is 7.92.